The lowest BCUT2D eigenvalue weighted by Crippen LogP contribution is -2.23. The molecule has 0 radical (unpaired) electrons. The minimum Gasteiger partial charge on any atom is -0.337 e. The Bertz CT molecular complexity index is 1110. The molecule has 0 bridgehead atoms. The van der Waals surface area contributed by atoms with Gasteiger partial charge in [-0.15, -0.1) is 11.3 Å². The molecule has 1 N–H and O–H groups in total. The predicted molar refractivity (Wildman–Crippen MR) is 107 cm³/mol. The van der Waals surface area contributed by atoms with E-state index in [4.69, 9.17) is 0 Å². The standard InChI is InChI=1S/C19H21FN2O3S2/c1-12-5-6-15(16(20)9-12)18(23)17-11-14-10-13(2)22(19(14)26-17)8-4-7-21-27(3,24)25/h5-6,9-11,21H,4,7-8H2,1-3H3. The Balaban J connectivity index is 1.83. The van der Waals surface area contributed by atoms with Crippen molar-refractivity contribution in [3.63, 3.8) is 0 Å². The van der Waals surface area contributed by atoms with Gasteiger partial charge >= 0.3 is 0 Å². The van der Waals surface area contributed by atoms with Crippen LogP contribution in [0.1, 0.15) is 32.9 Å². The molecule has 3 rings (SSSR count). The number of hydrogen-bond donors (Lipinski definition) is 1. The van der Waals surface area contributed by atoms with E-state index in [0.717, 1.165) is 27.7 Å². The van der Waals surface area contributed by atoms with Gasteiger partial charge in [0, 0.05) is 24.2 Å². The molecule has 3 aromatic rings. The van der Waals surface area contributed by atoms with Crippen molar-refractivity contribution < 1.29 is 17.6 Å². The lowest BCUT2D eigenvalue weighted by Gasteiger charge is -2.07. The number of carbonyl (C=O) groups is 1. The molecule has 27 heavy (non-hydrogen) atoms. The van der Waals surface area contributed by atoms with Crippen LogP contribution in [0, 0.1) is 19.7 Å². The van der Waals surface area contributed by atoms with Crippen molar-refractivity contribution in [2.75, 3.05) is 12.8 Å². The summed E-state index contributed by atoms with van der Waals surface area (Å²) in [6, 6.07) is 8.38. The minimum atomic E-state index is -3.20. The van der Waals surface area contributed by atoms with Gasteiger partial charge in [-0.3, -0.25) is 4.79 Å². The molecule has 0 amide bonds. The normalized spacial score (nSPS) is 12.0. The highest BCUT2D eigenvalue weighted by Gasteiger charge is 2.19. The maximum absolute atomic E-state index is 14.1. The van der Waals surface area contributed by atoms with Crippen LogP contribution in [0.25, 0.3) is 10.2 Å². The van der Waals surface area contributed by atoms with Crippen molar-refractivity contribution in [3.05, 3.63) is 57.8 Å². The average Bonchev–Trinajstić information content (AvgIpc) is 3.08. The molecule has 1 aromatic carbocycles. The number of ketones is 1. The zero-order chi connectivity index (χ0) is 19.8. The molecule has 144 valence electrons. The number of hydrogen-bond acceptors (Lipinski definition) is 4. The SMILES string of the molecule is Cc1ccc(C(=O)c2cc3cc(C)n(CCCNS(C)(=O)=O)c3s2)c(F)c1. The molecule has 0 saturated heterocycles. The Morgan fingerprint density at radius 3 is 2.63 bits per heavy atom. The van der Waals surface area contributed by atoms with Gasteiger partial charge in [0.1, 0.15) is 10.6 Å². The van der Waals surface area contributed by atoms with Crippen LogP contribution in [0.5, 0.6) is 0 Å². The molecule has 0 unspecified atom stereocenters. The number of carbonyl (C=O) groups excluding carboxylic acids is 1. The predicted octanol–water partition coefficient (Wildman–Crippen LogP) is 3.63. The highest BCUT2D eigenvalue weighted by atomic mass is 32.2. The molecular weight excluding hydrogens is 387 g/mol. The molecule has 0 aliphatic carbocycles. The van der Waals surface area contributed by atoms with E-state index in [1.807, 2.05) is 13.0 Å². The summed E-state index contributed by atoms with van der Waals surface area (Å²) in [5.41, 5.74) is 1.88. The largest absolute Gasteiger partial charge is 0.337 e. The van der Waals surface area contributed by atoms with E-state index >= 15 is 0 Å². The van der Waals surface area contributed by atoms with Crippen LogP contribution in [-0.2, 0) is 16.6 Å². The fourth-order valence-corrected chi connectivity index (χ4v) is 4.69. The number of fused-ring (bicyclic) bond motifs is 1. The summed E-state index contributed by atoms with van der Waals surface area (Å²) < 4.78 is 41.0. The number of aromatic nitrogens is 1. The van der Waals surface area contributed by atoms with Crippen molar-refractivity contribution in [1.82, 2.24) is 9.29 Å². The van der Waals surface area contributed by atoms with E-state index in [0.29, 0.717) is 24.4 Å². The number of nitrogens with one attached hydrogen (secondary N) is 1. The number of nitrogens with zero attached hydrogens (tertiary/aromatic N) is 1. The fraction of sp³-hybridized carbons (Fsp3) is 0.316. The highest BCUT2D eigenvalue weighted by molar-refractivity contribution is 7.88. The number of aryl methyl sites for hydroxylation is 3. The molecule has 0 atom stereocenters. The van der Waals surface area contributed by atoms with Crippen LogP contribution in [-0.4, -0.2) is 31.6 Å². The van der Waals surface area contributed by atoms with Crippen molar-refractivity contribution >= 4 is 37.4 Å². The van der Waals surface area contributed by atoms with Gasteiger partial charge in [0.05, 0.1) is 16.7 Å². The van der Waals surface area contributed by atoms with Crippen LogP contribution in [0.4, 0.5) is 4.39 Å². The molecule has 0 spiro atoms. The van der Waals surface area contributed by atoms with Gasteiger partial charge in [-0.05, 0) is 50.1 Å². The Morgan fingerprint density at radius 2 is 1.96 bits per heavy atom. The first-order chi connectivity index (χ1) is 12.7. The summed E-state index contributed by atoms with van der Waals surface area (Å²) in [6.07, 6.45) is 1.76. The van der Waals surface area contributed by atoms with E-state index in [9.17, 15) is 17.6 Å². The first kappa shape index (κ1) is 19.7. The third-order valence-electron chi connectivity index (χ3n) is 4.29. The van der Waals surface area contributed by atoms with E-state index in [-0.39, 0.29) is 11.3 Å². The molecule has 0 fully saturated rings. The van der Waals surface area contributed by atoms with Gasteiger partial charge < -0.3 is 4.57 Å². The first-order valence-electron chi connectivity index (χ1n) is 8.51. The summed E-state index contributed by atoms with van der Waals surface area (Å²) >= 11 is 1.33. The molecule has 5 nitrogen and oxygen atoms in total. The molecule has 2 aromatic heterocycles. The van der Waals surface area contributed by atoms with Crippen molar-refractivity contribution in [2.45, 2.75) is 26.8 Å². The Hall–Kier alpha value is -2.03. The fourth-order valence-electron chi connectivity index (χ4n) is 2.99. The molecule has 2 heterocycles. The molecule has 8 heteroatoms. The maximum atomic E-state index is 14.1. The van der Waals surface area contributed by atoms with Crippen LogP contribution in [0.15, 0.2) is 30.3 Å². The van der Waals surface area contributed by atoms with Crippen molar-refractivity contribution in [2.24, 2.45) is 0 Å². The van der Waals surface area contributed by atoms with Gasteiger partial charge in [-0.25, -0.2) is 17.5 Å². The molecule has 0 aliphatic rings. The van der Waals surface area contributed by atoms with E-state index < -0.39 is 15.8 Å². The summed E-state index contributed by atoms with van der Waals surface area (Å²) in [6.45, 7) is 4.73. The molecule has 0 aliphatic heterocycles. The summed E-state index contributed by atoms with van der Waals surface area (Å²) in [5.74, 6) is -0.833. The minimum absolute atomic E-state index is 0.0742. The van der Waals surface area contributed by atoms with E-state index in [2.05, 4.69) is 9.29 Å². The second-order valence-corrected chi connectivity index (χ2v) is 9.50. The third kappa shape index (κ3) is 4.45. The Kier molecular flexibility index (Phi) is 5.50. The van der Waals surface area contributed by atoms with Gasteiger partial charge in [0.2, 0.25) is 15.8 Å². The van der Waals surface area contributed by atoms with Crippen molar-refractivity contribution in [3.8, 4) is 0 Å². The van der Waals surface area contributed by atoms with Gasteiger partial charge in [0.25, 0.3) is 0 Å². The number of sulfonamides is 1. The van der Waals surface area contributed by atoms with Crippen LogP contribution in [0.2, 0.25) is 0 Å². The van der Waals surface area contributed by atoms with Gasteiger partial charge in [-0.1, -0.05) is 6.07 Å². The molecule has 0 saturated carbocycles. The number of benzene rings is 1. The smallest absolute Gasteiger partial charge is 0.208 e. The van der Waals surface area contributed by atoms with Crippen LogP contribution < -0.4 is 4.72 Å². The number of rotatable bonds is 7. The van der Waals surface area contributed by atoms with Crippen LogP contribution >= 0.6 is 11.3 Å². The van der Waals surface area contributed by atoms with Gasteiger partial charge in [0.15, 0.2) is 0 Å². The summed E-state index contributed by atoms with van der Waals surface area (Å²) in [7, 11) is -3.20. The third-order valence-corrected chi connectivity index (χ3v) is 6.19. The average molecular weight is 409 g/mol. The lowest BCUT2D eigenvalue weighted by molar-refractivity contribution is 0.103. The molecular formula is C19H21FN2O3S2. The van der Waals surface area contributed by atoms with Gasteiger partial charge in [-0.2, -0.15) is 0 Å². The van der Waals surface area contributed by atoms with E-state index in [1.54, 1.807) is 19.1 Å². The summed E-state index contributed by atoms with van der Waals surface area (Å²) in [5, 5.41) is 0.935. The second kappa shape index (κ2) is 7.53. The quantitative estimate of drug-likeness (QED) is 0.479. The highest BCUT2D eigenvalue weighted by Crippen LogP contribution is 2.31. The monoisotopic (exact) mass is 408 g/mol. The zero-order valence-electron chi connectivity index (χ0n) is 15.4. The first-order valence-corrected chi connectivity index (χ1v) is 11.2. The summed E-state index contributed by atoms with van der Waals surface area (Å²) in [4.78, 5) is 14.1. The number of halogens is 1. The topological polar surface area (TPSA) is 68.2 Å². The Labute approximate surface area is 161 Å². The number of thiophene rings is 1. The maximum Gasteiger partial charge on any atom is 0.208 e. The Morgan fingerprint density at radius 1 is 1.22 bits per heavy atom. The van der Waals surface area contributed by atoms with Crippen molar-refractivity contribution in [1.29, 1.82) is 0 Å². The zero-order valence-corrected chi connectivity index (χ0v) is 17.0. The second-order valence-electron chi connectivity index (χ2n) is 6.64. The van der Waals surface area contributed by atoms with Crippen LogP contribution in [0.3, 0.4) is 0 Å². The lowest BCUT2D eigenvalue weighted by atomic mass is 10.1. The van der Waals surface area contributed by atoms with E-state index in [1.165, 1.54) is 23.5 Å².